The number of nitrogens with one attached hydrogen (secondary N) is 1. The molecule has 1 aromatic heterocycles. The minimum Gasteiger partial charge on any atom is -0.352 e. The summed E-state index contributed by atoms with van der Waals surface area (Å²) in [6.45, 7) is 14.8. The third-order valence-corrected chi connectivity index (χ3v) is 5.80. The second-order valence-corrected chi connectivity index (χ2v) is 10.3. The maximum Gasteiger partial charge on any atom is 0.226 e. The Bertz CT molecular complexity index is 828. The summed E-state index contributed by atoms with van der Waals surface area (Å²) in [5.41, 5.74) is 2.34. The SMILES string of the molecule is C[C@H]1C[C@H](C)CN(Cc2ccc(CNC(=O)CCCc3nc(C(C)(C)C)no3)cc2)C1. The maximum absolute atomic E-state index is 12.2. The molecule has 0 bridgehead atoms. The number of rotatable bonds is 8. The van der Waals surface area contributed by atoms with Crippen LogP contribution >= 0.6 is 0 Å². The predicted molar refractivity (Wildman–Crippen MR) is 122 cm³/mol. The summed E-state index contributed by atoms with van der Waals surface area (Å²) < 4.78 is 5.28. The van der Waals surface area contributed by atoms with Crippen molar-refractivity contribution in [2.24, 2.45) is 11.8 Å². The van der Waals surface area contributed by atoms with E-state index in [0.29, 0.717) is 37.5 Å². The summed E-state index contributed by atoms with van der Waals surface area (Å²) in [5.74, 6) is 2.92. The molecule has 1 aromatic carbocycles. The monoisotopic (exact) mass is 426 g/mol. The lowest BCUT2D eigenvalue weighted by molar-refractivity contribution is -0.121. The summed E-state index contributed by atoms with van der Waals surface area (Å²) in [7, 11) is 0. The Morgan fingerprint density at radius 3 is 2.39 bits per heavy atom. The summed E-state index contributed by atoms with van der Waals surface area (Å²) in [4.78, 5) is 19.2. The molecule has 1 saturated heterocycles. The number of nitrogens with zero attached hydrogens (tertiary/aromatic N) is 3. The lowest BCUT2D eigenvalue weighted by atomic mass is 9.91. The van der Waals surface area contributed by atoms with Crippen molar-refractivity contribution in [2.45, 2.75) is 78.8 Å². The second-order valence-electron chi connectivity index (χ2n) is 10.3. The molecule has 0 radical (unpaired) electrons. The summed E-state index contributed by atoms with van der Waals surface area (Å²) in [6.07, 6.45) is 3.11. The highest BCUT2D eigenvalue weighted by Crippen LogP contribution is 2.22. The number of aromatic nitrogens is 2. The first-order valence-corrected chi connectivity index (χ1v) is 11.6. The highest BCUT2D eigenvalue weighted by Gasteiger charge is 2.22. The fourth-order valence-corrected chi connectivity index (χ4v) is 4.29. The number of hydrogen-bond donors (Lipinski definition) is 1. The third-order valence-electron chi connectivity index (χ3n) is 5.80. The van der Waals surface area contributed by atoms with E-state index in [0.717, 1.165) is 23.9 Å². The first-order chi connectivity index (χ1) is 14.7. The molecular formula is C25H38N4O2. The minimum atomic E-state index is -0.126. The molecule has 1 aliphatic heterocycles. The summed E-state index contributed by atoms with van der Waals surface area (Å²) in [5, 5.41) is 7.03. The topological polar surface area (TPSA) is 71.3 Å². The highest BCUT2D eigenvalue weighted by molar-refractivity contribution is 5.75. The number of piperidine rings is 1. The first kappa shape index (κ1) is 23.5. The molecule has 0 aliphatic carbocycles. The van der Waals surface area contributed by atoms with Crippen LogP contribution in [0.3, 0.4) is 0 Å². The van der Waals surface area contributed by atoms with E-state index in [4.69, 9.17) is 4.52 Å². The van der Waals surface area contributed by atoms with Gasteiger partial charge < -0.3 is 9.84 Å². The summed E-state index contributed by atoms with van der Waals surface area (Å²) >= 11 is 0. The maximum atomic E-state index is 12.2. The molecule has 1 N–H and O–H groups in total. The van der Waals surface area contributed by atoms with Crippen molar-refractivity contribution >= 4 is 5.91 Å². The van der Waals surface area contributed by atoms with Gasteiger partial charge in [-0.2, -0.15) is 4.98 Å². The van der Waals surface area contributed by atoms with Crippen LogP contribution in [0.4, 0.5) is 0 Å². The van der Waals surface area contributed by atoms with Gasteiger partial charge in [0, 0.05) is 44.4 Å². The molecule has 1 aliphatic rings. The zero-order valence-electron chi connectivity index (χ0n) is 19.8. The van der Waals surface area contributed by atoms with Crippen molar-refractivity contribution in [3.63, 3.8) is 0 Å². The van der Waals surface area contributed by atoms with Crippen molar-refractivity contribution in [1.82, 2.24) is 20.4 Å². The van der Waals surface area contributed by atoms with Crippen LogP contribution in [-0.4, -0.2) is 34.0 Å². The normalized spacial score (nSPS) is 20.0. The predicted octanol–water partition coefficient (Wildman–Crippen LogP) is 4.48. The second kappa shape index (κ2) is 10.4. The van der Waals surface area contributed by atoms with E-state index in [-0.39, 0.29) is 11.3 Å². The molecule has 2 heterocycles. The van der Waals surface area contributed by atoms with Crippen molar-refractivity contribution in [3.8, 4) is 0 Å². The van der Waals surface area contributed by atoms with Gasteiger partial charge in [0.25, 0.3) is 0 Å². The van der Waals surface area contributed by atoms with Gasteiger partial charge in [-0.05, 0) is 35.8 Å². The largest absolute Gasteiger partial charge is 0.352 e. The zero-order chi connectivity index (χ0) is 22.4. The molecule has 0 saturated carbocycles. The Labute approximate surface area is 186 Å². The van der Waals surface area contributed by atoms with Crippen LogP contribution in [0.25, 0.3) is 0 Å². The van der Waals surface area contributed by atoms with Crippen LogP contribution in [-0.2, 0) is 29.7 Å². The average Bonchev–Trinajstić information content (AvgIpc) is 3.16. The lowest BCUT2D eigenvalue weighted by Gasteiger charge is -2.35. The number of carbonyl (C=O) groups is 1. The Morgan fingerprint density at radius 1 is 1.13 bits per heavy atom. The van der Waals surface area contributed by atoms with Gasteiger partial charge in [0.15, 0.2) is 5.82 Å². The molecule has 1 amide bonds. The highest BCUT2D eigenvalue weighted by atomic mass is 16.5. The minimum absolute atomic E-state index is 0.0518. The number of amides is 1. The third kappa shape index (κ3) is 7.46. The Balaban J connectivity index is 1.37. The molecule has 170 valence electrons. The van der Waals surface area contributed by atoms with E-state index in [2.05, 4.69) is 79.2 Å². The number of aryl methyl sites for hydroxylation is 1. The van der Waals surface area contributed by atoms with Crippen LogP contribution in [0.2, 0.25) is 0 Å². The van der Waals surface area contributed by atoms with Gasteiger partial charge in [-0.15, -0.1) is 0 Å². The molecule has 1 fully saturated rings. The molecule has 3 rings (SSSR count). The van der Waals surface area contributed by atoms with Crippen LogP contribution in [0.15, 0.2) is 28.8 Å². The molecule has 2 atom stereocenters. The van der Waals surface area contributed by atoms with E-state index >= 15 is 0 Å². The first-order valence-electron chi connectivity index (χ1n) is 11.6. The van der Waals surface area contributed by atoms with Gasteiger partial charge >= 0.3 is 0 Å². The van der Waals surface area contributed by atoms with Gasteiger partial charge in [0.2, 0.25) is 11.8 Å². The molecule has 31 heavy (non-hydrogen) atoms. The van der Waals surface area contributed by atoms with E-state index in [1.54, 1.807) is 0 Å². The molecular weight excluding hydrogens is 388 g/mol. The standard InChI is InChI=1S/C25H38N4O2/c1-18-13-19(2)16-29(15-18)17-21-11-9-20(10-12-21)14-26-22(30)7-6-8-23-27-24(28-31-23)25(3,4)5/h9-12,18-19H,6-8,13-17H2,1-5H3,(H,26,30)/t18-,19-/m0/s1. The fourth-order valence-electron chi connectivity index (χ4n) is 4.29. The van der Waals surface area contributed by atoms with Gasteiger partial charge in [-0.25, -0.2) is 0 Å². The van der Waals surface area contributed by atoms with Crippen LogP contribution in [0.1, 0.15) is 76.7 Å². The lowest BCUT2D eigenvalue weighted by Crippen LogP contribution is -2.38. The molecule has 2 aromatic rings. The van der Waals surface area contributed by atoms with Crippen LogP contribution in [0, 0.1) is 11.8 Å². The summed E-state index contributed by atoms with van der Waals surface area (Å²) in [6, 6.07) is 8.62. The quantitative estimate of drug-likeness (QED) is 0.674. The van der Waals surface area contributed by atoms with Crippen molar-refractivity contribution in [1.29, 1.82) is 0 Å². The smallest absolute Gasteiger partial charge is 0.226 e. The van der Waals surface area contributed by atoms with E-state index in [1.807, 2.05) is 0 Å². The van der Waals surface area contributed by atoms with Crippen molar-refractivity contribution in [3.05, 3.63) is 47.1 Å². The zero-order valence-corrected chi connectivity index (χ0v) is 19.8. The van der Waals surface area contributed by atoms with Gasteiger partial charge in [0.05, 0.1) is 0 Å². The average molecular weight is 427 g/mol. The Kier molecular flexibility index (Phi) is 7.87. The van der Waals surface area contributed by atoms with Gasteiger partial charge in [-0.3, -0.25) is 9.69 Å². The number of hydrogen-bond acceptors (Lipinski definition) is 5. The Morgan fingerprint density at radius 2 is 1.77 bits per heavy atom. The van der Waals surface area contributed by atoms with Gasteiger partial charge in [-0.1, -0.05) is 64.0 Å². The van der Waals surface area contributed by atoms with E-state index < -0.39 is 0 Å². The van der Waals surface area contributed by atoms with E-state index in [1.165, 1.54) is 25.1 Å². The molecule has 0 spiro atoms. The molecule has 6 nitrogen and oxygen atoms in total. The Hall–Kier alpha value is -2.21. The van der Waals surface area contributed by atoms with Crippen molar-refractivity contribution in [2.75, 3.05) is 13.1 Å². The fraction of sp³-hybridized carbons (Fsp3) is 0.640. The molecule has 0 unspecified atom stereocenters. The number of benzene rings is 1. The van der Waals surface area contributed by atoms with Crippen LogP contribution < -0.4 is 5.32 Å². The van der Waals surface area contributed by atoms with E-state index in [9.17, 15) is 4.79 Å². The van der Waals surface area contributed by atoms with Crippen LogP contribution in [0.5, 0.6) is 0 Å². The molecule has 6 heteroatoms. The van der Waals surface area contributed by atoms with Gasteiger partial charge in [0.1, 0.15) is 0 Å². The number of carbonyl (C=O) groups excluding carboxylic acids is 1. The van der Waals surface area contributed by atoms with Crippen molar-refractivity contribution < 1.29 is 9.32 Å². The number of likely N-dealkylation sites (tertiary alicyclic amines) is 1.